The van der Waals surface area contributed by atoms with Gasteiger partial charge in [0, 0.05) is 32.9 Å². The van der Waals surface area contributed by atoms with Crippen LogP contribution in [0.15, 0.2) is 180 Å². The van der Waals surface area contributed by atoms with E-state index in [4.69, 9.17) is 4.42 Å². The van der Waals surface area contributed by atoms with E-state index in [9.17, 15) is 0 Å². The molecule has 48 heavy (non-hydrogen) atoms. The normalized spacial score (nSPS) is 11.8. The minimum absolute atomic E-state index is 0.912. The monoisotopic (exact) mass is 611 g/mol. The number of para-hydroxylation sites is 2. The average molecular weight is 612 g/mol. The molecule has 0 spiro atoms. The van der Waals surface area contributed by atoms with Crippen LogP contribution in [0, 0.1) is 0 Å². The molecule has 0 atom stereocenters. The highest BCUT2D eigenvalue weighted by atomic mass is 16.3. The summed E-state index contributed by atoms with van der Waals surface area (Å²) in [6.07, 6.45) is 0. The molecule has 224 valence electrons. The van der Waals surface area contributed by atoms with Gasteiger partial charge in [0.1, 0.15) is 11.2 Å². The van der Waals surface area contributed by atoms with Gasteiger partial charge in [-0.3, -0.25) is 0 Å². The predicted octanol–water partition coefficient (Wildman–Crippen LogP) is 13.3. The molecule has 0 saturated heterocycles. The molecule has 0 radical (unpaired) electrons. The molecular weight excluding hydrogens is 583 g/mol. The molecule has 2 heteroatoms. The van der Waals surface area contributed by atoms with Crippen LogP contribution < -0.4 is 4.90 Å². The van der Waals surface area contributed by atoms with Crippen LogP contribution in [0.4, 0.5) is 17.1 Å². The van der Waals surface area contributed by atoms with E-state index in [1.807, 2.05) is 12.1 Å². The van der Waals surface area contributed by atoms with E-state index in [2.05, 4.69) is 169 Å². The van der Waals surface area contributed by atoms with Crippen molar-refractivity contribution >= 4 is 82.1 Å². The molecule has 1 aromatic heterocycles. The zero-order valence-electron chi connectivity index (χ0n) is 26.1. The lowest BCUT2D eigenvalue weighted by Crippen LogP contribution is -2.10. The molecule has 0 fully saturated rings. The van der Waals surface area contributed by atoms with Gasteiger partial charge < -0.3 is 9.32 Å². The number of rotatable bonds is 4. The maximum atomic E-state index is 6.45. The average Bonchev–Trinajstić information content (AvgIpc) is 3.55. The maximum absolute atomic E-state index is 6.45. The Balaban J connectivity index is 1.15. The van der Waals surface area contributed by atoms with Crippen LogP contribution in [-0.4, -0.2) is 0 Å². The molecular formula is C46H29NO. The molecule has 0 saturated carbocycles. The van der Waals surface area contributed by atoms with Crippen molar-refractivity contribution in [2.24, 2.45) is 0 Å². The Hall–Kier alpha value is -6.38. The first-order valence-electron chi connectivity index (χ1n) is 16.4. The van der Waals surface area contributed by atoms with Crippen LogP contribution in [0.2, 0.25) is 0 Å². The van der Waals surface area contributed by atoms with Crippen LogP contribution in [0.5, 0.6) is 0 Å². The summed E-state index contributed by atoms with van der Waals surface area (Å²) in [5, 5.41) is 12.2. The molecule has 0 aliphatic heterocycles. The van der Waals surface area contributed by atoms with E-state index in [1.165, 1.54) is 43.4 Å². The summed E-state index contributed by atoms with van der Waals surface area (Å²) >= 11 is 0. The number of anilines is 3. The van der Waals surface area contributed by atoms with Gasteiger partial charge in [0.2, 0.25) is 0 Å². The fourth-order valence-corrected chi connectivity index (χ4v) is 7.63. The van der Waals surface area contributed by atoms with E-state index >= 15 is 0 Å². The largest absolute Gasteiger partial charge is 0.455 e. The lowest BCUT2D eigenvalue weighted by atomic mass is 9.91. The van der Waals surface area contributed by atoms with Crippen molar-refractivity contribution < 1.29 is 4.42 Å². The molecule has 0 aliphatic carbocycles. The number of benzene rings is 9. The summed E-state index contributed by atoms with van der Waals surface area (Å²) in [7, 11) is 0. The fraction of sp³-hybridized carbons (Fsp3) is 0. The van der Waals surface area contributed by atoms with Gasteiger partial charge in [-0.05, 0) is 85.9 Å². The van der Waals surface area contributed by atoms with Crippen LogP contribution in [0.25, 0.3) is 76.2 Å². The number of hydrogen-bond donors (Lipinski definition) is 0. The second-order valence-corrected chi connectivity index (χ2v) is 12.5. The topological polar surface area (TPSA) is 16.4 Å². The number of hydrogen-bond acceptors (Lipinski definition) is 2. The van der Waals surface area contributed by atoms with Gasteiger partial charge in [-0.2, -0.15) is 0 Å². The van der Waals surface area contributed by atoms with Gasteiger partial charge in [-0.1, -0.05) is 133 Å². The van der Waals surface area contributed by atoms with Crippen molar-refractivity contribution in [3.8, 4) is 11.1 Å². The molecule has 0 N–H and O–H groups in total. The van der Waals surface area contributed by atoms with Crippen molar-refractivity contribution in [3.05, 3.63) is 176 Å². The maximum Gasteiger partial charge on any atom is 0.143 e. The highest BCUT2D eigenvalue weighted by Crippen LogP contribution is 2.43. The van der Waals surface area contributed by atoms with Crippen molar-refractivity contribution in [2.75, 3.05) is 4.90 Å². The predicted molar refractivity (Wildman–Crippen MR) is 204 cm³/mol. The van der Waals surface area contributed by atoms with Crippen LogP contribution in [-0.2, 0) is 0 Å². The highest BCUT2D eigenvalue weighted by molar-refractivity contribution is 6.21. The van der Waals surface area contributed by atoms with Crippen molar-refractivity contribution in [1.29, 1.82) is 0 Å². The zero-order valence-corrected chi connectivity index (χ0v) is 26.1. The third kappa shape index (κ3) is 4.06. The first-order chi connectivity index (χ1) is 23.8. The first kappa shape index (κ1) is 26.8. The van der Waals surface area contributed by atoms with Crippen LogP contribution in [0.3, 0.4) is 0 Å². The van der Waals surface area contributed by atoms with Gasteiger partial charge in [0.15, 0.2) is 0 Å². The van der Waals surface area contributed by atoms with E-state index in [1.54, 1.807) is 0 Å². The minimum atomic E-state index is 0.912. The van der Waals surface area contributed by atoms with Gasteiger partial charge >= 0.3 is 0 Å². The smallest absolute Gasteiger partial charge is 0.143 e. The number of furan rings is 1. The molecule has 0 amide bonds. The van der Waals surface area contributed by atoms with Gasteiger partial charge in [0.05, 0.1) is 5.69 Å². The van der Waals surface area contributed by atoms with Gasteiger partial charge in [0.25, 0.3) is 0 Å². The van der Waals surface area contributed by atoms with Crippen molar-refractivity contribution in [3.63, 3.8) is 0 Å². The molecule has 0 unspecified atom stereocenters. The fourth-order valence-electron chi connectivity index (χ4n) is 7.63. The standard InChI is InChI=1S/C46H29NO/c1-2-12-33(13-3-1)47(43-18-9-17-41-38(43)28-29-42-39-15-6-7-19-44(39)48-46(41)42)34-24-20-31(21-25-34)36-16-8-11-32-23-26-37-35-14-5-4-10-30(35)22-27-40(37)45(32)36/h1-29H. The van der Waals surface area contributed by atoms with E-state index in [-0.39, 0.29) is 0 Å². The summed E-state index contributed by atoms with van der Waals surface area (Å²) in [6.45, 7) is 0. The van der Waals surface area contributed by atoms with Crippen LogP contribution in [0.1, 0.15) is 0 Å². The number of nitrogens with zero attached hydrogens (tertiary/aromatic N) is 1. The molecule has 0 bridgehead atoms. The zero-order chi connectivity index (χ0) is 31.6. The third-order valence-corrected chi connectivity index (χ3v) is 9.84. The molecule has 10 rings (SSSR count). The Morgan fingerprint density at radius 2 is 0.979 bits per heavy atom. The second kappa shape index (κ2) is 10.6. The minimum Gasteiger partial charge on any atom is -0.455 e. The SMILES string of the molecule is c1ccc(N(c2ccc(-c3cccc4ccc5c6ccccc6ccc5c34)cc2)c2cccc3c2ccc2c4ccccc4oc32)cc1. The third-order valence-electron chi connectivity index (χ3n) is 9.84. The van der Waals surface area contributed by atoms with Crippen molar-refractivity contribution in [1.82, 2.24) is 0 Å². The van der Waals surface area contributed by atoms with Gasteiger partial charge in [-0.15, -0.1) is 0 Å². The Morgan fingerprint density at radius 1 is 0.354 bits per heavy atom. The Morgan fingerprint density at radius 3 is 1.88 bits per heavy atom. The summed E-state index contributed by atoms with van der Waals surface area (Å²) in [6, 6.07) is 63.3. The number of fused-ring (bicyclic) bond motifs is 10. The Bertz CT molecular complexity index is 2830. The molecule has 2 nitrogen and oxygen atoms in total. The molecule has 1 heterocycles. The van der Waals surface area contributed by atoms with Gasteiger partial charge in [-0.25, -0.2) is 0 Å². The second-order valence-electron chi connectivity index (χ2n) is 12.5. The molecule has 0 aliphatic rings. The first-order valence-corrected chi connectivity index (χ1v) is 16.4. The highest BCUT2D eigenvalue weighted by Gasteiger charge is 2.18. The molecule has 9 aromatic carbocycles. The Kier molecular flexibility index (Phi) is 5.91. The quantitative estimate of drug-likeness (QED) is 0.184. The van der Waals surface area contributed by atoms with Crippen LogP contribution >= 0.6 is 0 Å². The molecule has 10 aromatic rings. The lowest BCUT2D eigenvalue weighted by Gasteiger charge is -2.27. The summed E-state index contributed by atoms with van der Waals surface area (Å²) in [5.41, 5.74) is 7.58. The summed E-state index contributed by atoms with van der Waals surface area (Å²) in [5.74, 6) is 0. The lowest BCUT2D eigenvalue weighted by molar-refractivity contribution is 0.672. The van der Waals surface area contributed by atoms with E-state index in [0.717, 1.165) is 49.8 Å². The summed E-state index contributed by atoms with van der Waals surface area (Å²) < 4.78 is 6.45. The van der Waals surface area contributed by atoms with E-state index < -0.39 is 0 Å². The summed E-state index contributed by atoms with van der Waals surface area (Å²) in [4.78, 5) is 2.35. The Labute approximate surface area is 277 Å². The van der Waals surface area contributed by atoms with Crippen molar-refractivity contribution in [2.45, 2.75) is 0 Å². The van der Waals surface area contributed by atoms with E-state index in [0.29, 0.717) is 0 Å².